The van der Waals surface area contributed by atoms with Gasteiger partial charge in [0, 0.05) is 31.9 Å². The van der Waals surface area contributed by atoms with Gasteiger partial charge in [-0.05, 0) is 43.0 Å². The van der Waals surface area contributed by atoms with Crippen LogP contribution in [0, 0.1) is 0 Å². The Morgan fingerprint density at radius 3 is 2.85 bits per heavy atom. The zero-order valence-electron chi connectivity index (χ0n) is 12.0. The molecule has 1 fully saturated rings. The van der Waals surface area contributed by atoms with Gasteiger partial charge in [-0.1, -0.05) is 12.1 Å². The van der Waals surface area contributed by atoms with Crippen molar-refractivity contribution in [3.63, 3.8) is 0 Å². The van der Waals surface area contributed by atoms with E-state index in [1.165, 1.54) is 38.0 Å². The van der Waals surface area contributed by atoms with Gasteiger partial charge in [0.2, 0.25) is 5.91 Å². The van der Waals surface area contributed by atoms with Crippen LogP contribution in [-0.2, 0) is 17.6 Å². The van der Waals surface area contributed by atoms with Gasteiger partial charge < -0.3 is 15.5 Å². The third kappa shape index (κ3) is 3.38. The second-order valence-corrected chi connectivity index (χ2v) is 5.77. The van der Waals surface area contributed by atoms with Gasteiger partial charge in [0.1, 0.15) is 0 Å². The van der Waals surface area contributed by atoms with Crippen LogP contribution in [0.5, 0.6) is 0 Å². The summed E-state index contributed by atoms with van der Waals surface area (Å²) in [6.45, 7) is 5.85. The van der Waals surface area contributed by atoms with Gasteiger partial charge in [-0.2, -0.15) is 0 Å². The van der Waals surface area contributed by atoms with Crippen LogP contribution in [0.4, 0.5) is 5.69 Å². The molecule has 3 rings (SSSR count). The van der Waals surface area contributed by atoms with E-state index < -0.39 is 0 Å². The molecule has 1 amide bonds. The third-order valence-electron chi connectivity index (χ3n) is 4.19. The normalized spacial score (nSPS) is 18.9. The standard InChI is InChI=1S/C16H23N3O/c20-16-12-14-11-13(4-5-15(14)18-16)3-1-2-8-19-9-6-17-7-10-19/h4-5,11,17H,1-3,6-10,12H2,(H,18,20). The van der Waals surface area contributed by atoms with E-state index in [4.69, 9.17) is 0 Å². The van der Waals surface area contributed by atoms with E-state index in [0.29, 0.717) is 6.42 Å². The molecule has 2 aliphatic heterocycles. The topological polar surface area (TPSA) is 44.4 Å². The van der Waals surface area contributed by atoms with Gasteiger partial charge in [-0.3, -0.25) is 4.79 Å². The molecule has 0 aliphatic carbocycles. The average molecular weight is 273 g/mol. The van der Waals surface area contributed by atoms with Gasteiger partial charge >= 0.3 is 0 Å². The van der Waals surface area contributed by atoms with Crippen molar-refractivity contribution in [3.8, 4) is 0 Å². The number of nitrogens with zero attached hydrogens (tertiary/aromatic N) is 1. The van der Waals surface area contributed by atoms with Crippen molar-refractivity contribution < 1.29 is 4.79 Å². The summed E-state index contributed by atoms with van der Waals surface area (Å²) in [5.74, 6) is 0.121. The predicted molar refractivity (Wildman–Crippen MR) is 81.0 cm³/mol. The number of aryl methyl sites for hydroxylation is 1. The van der Waals surface area contributed by atoms with Crippen LogP contribution in [0.15, 0.2) is 18.2 Å². The second-order valence-electron chi connectivity index (χ2n) is 5.77. The van der Waals surface area contributed by atoms with Crippen molar-refractivity contribution in [2.75, 3.05) is 38.0 Å². The highest BCUT2D eigenvalue weighted by Gasteiger charge is 2.17. The summed E-state index contributed by atoms with van der Waals surface area (Å²) < 4.78 is 0. The summed E-state index contributed by atoms with van der Waals surface area (Å²) in [6.07, 6.45) is 4.15. The average Bonchev–Trinajstić information content (AvgIpc) is 2.84. The second kappa shape index (κ2) is 6.37. The van der Waals surface area contributed by atoms with Crippen LogP contribution in [-0.4, -0.2) is 43.5 Å². The Balaban J connectivity index is 1.42. The SMILES string of the molecule is O=C1Cc2cc(CCCCN3CCNCC3)ccc2N1. The number of amides is 1. The minimum atomic E-state index is 0.121. The number of fused-ring (bicyclic) bond motifs is 1. The monoisotopic (exact) mass is 273 g/mol. The fraction of sp³-hybridized carbons (Fsp3) is 0.562. The lowest BCUT2D eigenvalue weighted by Crippen LogP contribution is -2.43. The molecule has 4 nitrogen and oxygen atoms in total. The van der Waals surface area contributed by atoms with Crippen LogP contribution in [0.1, 0.15) is 24.0 Å². The molecular formula is C16H23N3O. The highest BCUT2D eigenvalue weighted by molar-refractivity contribution is 5.99. The van der Waals surface area contributed by atoms with E-state index in [9.17, 15) is 4.79 Å². The van der Waals surface area contributed by atoms with Crippen LogP contribution in [0.2, 0.25) is 0 Å². The smallest absolute Gasteiger partial charge is 0.228 e. The van der Waals surface area contributed by atoms with Gasteiger partial charge in [0.25, 0.3) is 0 Å². The summed E-state index contributed by atoms with van der Waals surface area (Å²) in [5.41, 5.74) is 3.52. The first-order valence-electron chi connectivity index (χ1n) is 7.66. The first-order chi connectivity index (χ1) is 9.81. The van der Waals surface area contributed by atoms with Gasteiger partial charge in [0.15, 0.2) is 0 Å². The Morgan fingerprint density at radius 2 is 2.00 bits per heavy atom. The maximum atomic E-state index is 11.3. The number of hydrogen-bond donors (Lipinski definition) is 2. The zero-order valence-corrected chi connectivity index (χ0v) is 12.0. The summed E-state index contributed by atoms with van der Waals surface area (Å²) in [6, 6.07) is 6.39. The first-order valence-corrected chi connectivity index (χ1v) is 7.66. The maximum absolute atomic E-state index is 11.3. The number of nitrogens with one attached hydrogen (secondary N) is 2. The number of rotatable bonds is 5. The number of hydrogen-bond acceptors (Lipinski definition) is 3. The number of anilines is 1. The molecular weight excluding hydrogens is 250 g/mol. The Hall–Kier alpha value is -1.39. The molecule has 20 heavy (non-hydrogen) atoms. The fourth-order valence-electron chi connectivity index (χ4n) is 3.04. The summed E-state index contributed by atoms with van der Waals surface area (Å²) >= 11 is 0. The number of piperazine rings is 1. The Kier molecular flexibility index (Phi) is 4.33. The van der Waals surface area contributed by atoms with Gasteiger partial charge in [-0.25, -0.2) is 0 Å². The Bertz CT molecular complexity index is 481. The Morgan fingerprint density at radius 1 is 1.15 bits per heavy atom. The minimum absolute atomic E-state index is 0.121. The van der Waals surface area contributed by atoms with Crippen molar-refractivity contribution in [3.05, 3.63) is 29.3 Å². The minimum Gasteiger partial charge on any atom is -0.326 e. The molecule has 0 spiro atoms. The molecule has 0 bridgehead atoms. The number of unbranched alkanes of at least 4 members (excludes halogenated alkanes) is 1. The van der Waals surface area contributed by atoms with E-state index in [-0.39, 0.29) is 5.91 Å². The van der Waals surface area contributed by atoms with Crippen LogP contribution < -0.4 is 10.6 Å². The molecule has 2 aliphatic rings. The van der Waals surface area contributed by atoms with Crippen LogP contribution in [0.25, 0.3) is 0 Å². The summed E-state index contributed by atoms with van der Waals surface area (Å²) in [7, 11) is 0. The van der Waals surface area contributed by atoms with Crippen molar-refractivity contribution in [2.45, 2.75) is 25.7 Å². The number of carbonyl (C=O) groups is 1. The molecule has 0 unspecified atom stereocenters. The Labute approximate surface area is 120 Å². The van der Waals surface area contributed by atoms with Crippen molar-refractivity contribution in [1.29, 1.82) is 0 Å². The first kappa shape index (κ1) is 13.6. The van der Waals surface area contributed by atoms with E-state index in [2.05, 4.69) is 27.7 Å². The maximum Gasteiger partial charge on any atom is 0.228 e. The van der Waals surface area contributed by atoms with Crippen LogP contribution >= 0.6 is 0 Å². The zero-order chi connectivity index (χ0) is 13.8. The van der Waals surface area contributed by atoms with Crippen molar-refractivity contribution in [1.82, 2.24) is 10.2 Å². The molecule has 0 atom stereocenters. The predicted octanol–water partition coefficient (Wildman–Crippen LogP) is 1.41. The van der Waals surface area contributed by atoms with E-state index in [0.717, 1.165) is 30.8 Å². The molecule has 2 heterocycles. The van der Waals surface area contributed by atoms with Crippen molar-refractivity contribution >= 4 is 11.6 Å². The molecule has 1 aromatic rings. The number of carbonyl (C=O) groups excluding carboxylic acids is 1. The van der Waals surface area contributed by atoms with E-state index >= 15 is 0 Å². The molecule has 1 saturated heterocycles. The van der Waals surface area contributed by atoms with Crippen molar-refractivity contribution in [2.24, 2.45) is 0 Å². The lowest BCUT2D eigenvalue weighted by atomic mass is 10.0. The fourth-order valence-corrected chi connectivity index (χ4v) is 3.04. The van der Waals surface area contributed by atoms with Crippen LogP contribution in [0.3, 0.4) is 0 Å². The highest BCUT2D eigenvalue weighted by Crippen LogP contribution is 2.24. The molecule has 1 aromatic carbocycles. The molecule has 0 saturated carbocycles. The quantitative estimate of drug-likeness (QED) is 0.797. The van der Waals surface area contributed by atoms with E-state index in [1.54, 1.807) is 0 Å². The number of benzene rings is 1. The van der Waals surface area contributed by atoms with Gasteiger partial charge in [0.05, 0.1) is 6.42 Å². The largest absolute Gasteiger partial charge is 0.326 e. The molecule has 0 radical (unpaired) electrons. The third-order valence-corrected chi connectivity index (χ3v) is 4.19. The molecule has 108 valence electrons. The van der Waals surface area contributed by atoms with E-state index in [1.807, 2.05) is 6.07 Å². The molecule has 2 N–H and O–H groups in total. The summed E-state index contributed by atoms with van der Waals surface area (Å²) in [4.78, 5) is 13.9. The highest BCUT2D eigenvalue weighted by atomic mass is 16.1. The summed E-state index contributed by atoms with van der Waals surface area (Å²) in [5, 5.41) is 6.27. The molecule has 4 heteroatoms. The van der Waals surface area contributed by atoms with Gasteiger partial charge in [-0.15, -0.1) is 0 Å². The lowest BCUT2D eigenvalue weighted by Gasteiger charge is -2.27. The lowest BCUT2D eigenvalue weighted by molar-refractivity contribution is -0.115. The molecule has 0 aromatic heterocycles.